The highest BCUT2D eigenvalue weighted by Gasteiger charge is 2.40. The van der Waals surface area contributed by atoms with Crippen molar-refractivity contribution in [3.05, 3.63) is 29.3 Å². The molecule has 80 valence electrons. The smallest absolute Gasteiger partial charge is 0.126 e. The Hall–Kier alpha value is -1.02. The van der Waals surface area contributed by atoms with Gasteiger partial charge in [0.15, 0.2) is 0 Å². The number of nitrogens with two attached hydrogens (primary N) is 1. The quantitative estimate of drug-likeness (QED) is 0.798. The van der Waals surface area contributed by atoms with Crippen molar-refractivity contribution in [2.45, 2.75) is 31.1 Å². The van der Waals surface area contributed by atoms with E-state index in [1.807, 2.05) is 0 Å². The molecule has 2 aliphatic rings. The molecule has 0 bridgehead atoms. The number of hydrogen-bond donors (Lipinski definition) is 1. The van der Waals surface area contributed by atoms with Crippen LogP contribution in [0.25, 0.3) is 0 Å². The lowest BCUT2D eigenvalue weighted by atomic mass is 9.64. The van der Waals surface area contributed by atoms with Gasteiger partial charge >= 0.3 is 0 Å². The Labute approximate surface area is 90.4 Å². The molecule has 1 fully saturated rings. The van der Waals surface area contributed by atoms with Crippen LogP contribution in [0.1, 0.15) is 30.4 Å². The molecule has 2 heteroatoms. The summed E-state index contributed by atoms with van der Waals surface area (Å²) in [6, 6.07) is 6.53. The van der Waals surface area contributed by atoms with Crippen molar-refractivity contribution in [3.63, 3.8) is 0 Å². The average Bonchev–Trinajstić information content (AvgIpc) is 2.65. The zero-order valence-electron chi connectivity index (χ0n) is 8.96. The van der Waals surface area contributed by atoms with E-state index in [1.165, 1.54) is 30.4 Å². The van der Waals surface area contributed by atoms with Crippen molar-refractivity contribution in [2.24, 2.45) is 5.73 Å². The molecule has 15 heavy (non-hydrogen) atoms. The number of rotatable bonds is 2. The van der Waals surface area contributed by atoms with E-state index < -0.39 is 0 Å². The van der Waals surface area contributed by atoms with Gasteiger partial charge in [-0.05, 0) is 18.4 Å². The fourth-order valence-electron chi connectivity index (χ4n) is 2.82. The summed E-state index contributed by atoms with van der Waals surface area (Å²) in [4.78, 5) is 0. The number of fused-ring (bicyclic) bond motifs is 1. The van der Waals surface area contributed by atoms with Crippen LogP contribution in [0.5, 0.6) is 5.75 Å². The van der Waals surface area contributed by atoms with Crippen LogP contribution in [0.15, 0.2) is 18.2 Å². The fraction of sp³-hybridized carbons (Fsp3) is 0.538. The molecule has 0 unspecified atom stereocenters. The molecule has 0 atom stereocenters. The second-order valence-electron chi connectivity index (χ2n) is 4.73. The third-order valence-corrected chi connectivity index (χ3v) is 3.99. The van der Waals surface area contributed by atoms with E-state index in [1.54, 1.807) is 0 Å². The van der Waals surface area contributed by atoms with Gasteiger partial charge in [-0.2, -0.15) is 0 Å². The summed E-state index contributed by atoms with van der Waals surface area (Å²) in [5.41, 5.74) is 8.91. The minimum Gasteiger partial charge on any atom is -0.493 e. The second kappa shape index (κ2) is 3.24. The van der Waals surface area contributed by atoms with Crippen LogP contribution in [0.3, 0.4) is 0 Å². The lowest BCUT2D eigenvalue weighted by Gasteiger charge is -2.42. The SMILES string of the molecule is NCC1(c2cccc3c2OCC3)CCC1. The largest absolute Gasteiger partial charge is 0.493 e. The Kier molecular flexibility index (Phi) is 1.99. The summed E-state index contributed by atoms with van der Waals surface area (Å²) in [5, 5.41) is 0. The second-order valence-corrected chi connectivity index (χ2v) is 4.73. The van der Waals surface area contributed by atoms with E-state index in [-0.39, 0.29) is 5.41 Å². The summed E-state index contributed by atoms with van der Waals surface area (Å²) in [6.07, 6.45) is 4.82. The Balaban J connectivity index is 2.08. The number of ether oxygens (including phenoxy) is 1. The van der Waals surface area contributed by atoms with E-state index in [9.17, 15) is 0 Å². The highest BCUT2D eigenvalue weighted by molar-refractivity contribution is 5.49. The van der Waals surface area contributed by atoms with Gasteiger partial charge in [0.25, 0.3) is 0 Å². The summed E-state index contributed by atoms with van der Waals surface area (Å²) < 4.78 is 5.76. The molecule has 0 spiro atoms. The van der Waals surface area contributed by atoms with Gasteiger partial charge < -0.3 is 10.5 Å². The highest BCUT2D eigenvalue weighted by Crippen LogP contribution is 2.48. The van der Waals surface area contributed by atoms with Gasteiger partial charge in [0, 0.05) is 23.9 Å². The molecule has 1 heterocycles. The van der Waals surface area contributed by atoms with Gasteiger partial charge in [0.1, 0.15) is 5.75 Å². The first-order valence-electron chi connectivity index (χ1n) is 5.81. The van der Waals surface area contributed by atoms with Crippen molar-refractivity contribution < 1.29 is 4.74 Å². The zero-order chi connectivity index (χ0) is 10.3. The normalized spacial score (nSPS) is 21.7. The van der Waals surface area contributed by atoms with Crippen LogP contribution < -0.4 is 10.5 Å². The minimum atomic E-state index is 0.232. The molecule has 0 saturated heterocycles. The van der Waals surface area contributed by atoms with Gasteiger partial charge in [0.05, 0.1) is 6.61 Å². The molecular formula is C13H17NO. The molecule has 2 N–H and O–H groups in total. The maximum Gasteiger partial charge on any atom is 0.126 e. The van der Waals surface area contributed by atoms with E-state index in [2.05, 4.69) is 18.2 Å². The van der Waals surface area contributed by atoms with Crippen molar-refractivity contribution in [1.82, 2.24) is 0 Å². The predicted octanol–water partition coefficient (Wildman–Crippen LogP) is 2.00. The van der Waals surface area contributed by atoms with E-state index in [4.69, 9.17) is 10.5 Å². The highest BCUT2D eigenvalue weighted by atomic mass is 16.5. The molecule has 1 aliphatic heterocycles. The van der Waals surface area contributed by atoms with Gasteiger partial charge in [-0.25, -0.2) is 0 Å². The summed E-state index contributed by atoms with van der Waals surface area (Å²) in [6.45, 7) is 1.60. The number of hydrogen-bond acceptors (Lipinski definition) is 2. The minimum absolute atomic E-state index is 0.232. The lowest BCUT2D eigenvalue weighted by Crippen LogP contribution is -2.41. The third-order valence-electron chi connectivity index (χ3n) is 3.99. The van der Waals surface area contributed by atoms with Crippen molar-refractivity contribution in [1.29, 1.82) is 0 Å². The van der Waals surface area contributed by atoms with Gasteiger partial charge in [-0.3, -0.25) is 0 Å². The Morgan fingerprint density at radius 2 is 2.20 bits per heavy atom. The molecule has 1 aliphatic carbocycles. The maximum absolute atomic E-state index is 5.94. The van der Waals surface area contributed by atoms with E-state index in [0.29, 0.717) is 0 Å². The Morgan fingerprint density at radius 3 is 2.87 bits per heavy atom. The van der Waals surface area contributed by atoms with Crippen LogP contribution in [0.2, 0.25) is 0 Å². The van der Waals surface area contributed by atoms with Crippen LogP contribution in [0.4, 0.5) is 0 Å². The fourth-order valence-corrected chi connectivity index (χ4v) is 2.82. The van der Waals surface area contributed by atoms with Crippen LogP contribution in [-0.4, -0.2) is 13.2 Å². The Bertz CT molecular complexity index is 377. The van der Waals surface area contributed by atoms with Gasteiger partial charge in [0.2, 0.25) is 0 Å². The number of para-hydroxylation sites is 1. The molecule has 0 amide bonds. The molecule has 2 nitrogen and oxygen atoms in total. The molecule has 0 radical (unpaired) electrons. The summed E-state index contributed by atoms with van der Waals surface area (Å²) in [7, 11) is 0. The lowest BCUT2D eigenvalue weighted by molar-refractivity contribution is 0.241. The van der Waals surface area contributed by atoms with Gasteiger partial charge in [-0.15, -0.1) is 0 Å². The number of benzene rings is 1. The van der Waals surface area contributed by atoms with Crippen LogP contribution >= 0.6 is 0 Å². The molecule has 1 saturated carbocycles. The van der Waals surface area contributed by atoms with Crippen molar-refractivity contribution >= 4 is 0 Å². The van der Waals surface area contributed by atoms with Gasteiger partial charge in [-0.1, -0.05) is 24.6 Å². The summed E-state index contributed by atoms with van der Waals surface area (Å²) in [5.74, 6) is 1.14. The standard InChI is InChI=1S/C13H17NO/c14-9-13(6-2-7-13)11-4-1-3-10-5-8-15-12(10)11/h1,3-4H,2,5-9,14H2. The molecular weight excluding hydrogens is 186 g/mol. The third kappa shape index (κ3) is 1.21. The molecule has 1 aromatic rings. The van der Waals surface area contributed by atoms with Crippen molar-refractivity contribution in [2.75, 3.05) is 13.2 Å². The Morgan fingerprint density at radius 1 is 1.33 bits per heavy atom. The first-order chi connectivity index (χ1) is 7.36. The first-order valence-corrected chi connectivity index (χ1v) is 5.81. The van der Waals surface area contributed by atoms with E-state index >= 15 is 0 Å². The average molecular weight is 203 g/mol. The monoisotopic (exact) mass is 203 g/mol. The predicted molar refractivity (Wildman–Crippen MR) is 60.2 cm³/mol. The maximum atomic E-state index is 5.94. The molecule has 3 rings (SSSR count). The summed E-state index contributed by atoms with van der Waals surface area (Å²) >= 11 is 0. The topological polar surface area (TPSA) is 35.2 Å². The van der Waals surface area contributed by atoms with Crippen LogP contribution in [-0.2, 0) is 11.8 Å². The van der Waals surface area contributed by atoms with E-state index in [0.717, 1.165) is 25.3 Å². The first kappa shape index (κ1) is 9.22. The molecule has 0 aromatic heterocycles. The van der Waals surface area contributed by atoms with Crippen molar-refractivity contribution in [3.8, 4) is 5.75 Å². The van der Waals surface area contributed by atoms with Crippen LogP contribution in [0, 0.1) is 0 Å². The zero-order valence-corrected chi connectivity index (χ0v) is 8.96. The molecule has 1 aromatic carbocycles.